The summed E-state index contributed by atoms with van der Waals surface area (Å²) in [5.74, 6) is 0. The smallest absolute Gasteiger partial charge is 0.0819 e. The molecule has 1 aliphatic carbocycles. The molecule has 4 heteroatoms. The van der Waals surface area contributed by atoms with Gasteiger partial charge >= 0.3 is 0 Å². The SMILES string of the molecule is Cc1cc(N)c(Cl)cc1NCC1(O)CCCC1. The van der Waals surface area contributed by atoms with E-state index in [-0.39, 0.29) is 0 Å². The number of nitrogens with one attached hydrogen (secondary N) is 1. The van der Waals surface area contributed by atoms with E-state index in [4.69, 9.17) is 17.3 Å². The molecule has 1 aliphatic rings. The molecule has 0 spiro atoms. The lowest BCUT2D eigenvalue weighted by Crippen LogP contribution is -2.33. The van der Waals surface area contributed by atoms with Crippen LogP contribution in [0.2, 0.25) is 5.02 Å². The molecule has 94 valence electrons. The first-order valence-electron chi connectivity index (χ1n) is 6.02. The van der Waals surface area contributed by atoms with Crippen molar-refractivity contribution >= 4 is 23.0 Å². The summed E-state index contributed by atoms with van der Waals surface area (Å²) < 4.78 is 0. The zero-order valence-electron chi connectivity index (χ0n) is 10.1. The second-order valence-electron chi connectivity index (χ2n) is 4.97. The average Bonchev–Trinajstić information content (AvgIpc) is 2.69. The zero-order chi connectivity index (χ0) is 12.5. The van der Waals surface area contributed by atoms with Crippen LogP contribution >= 0.6 is 11.6 Å². The number of aryl methyl sites for hydroxylation is 1. The lowest BCUT2D eigenvalue weighted by molar-refractivity contribution is 0.0614. The highest BCUT2D eigenvalue weighted by Crippen LogP contribution is 2.31. The van der Waals surface area contributed by atoms with E-state index in [2.05, 4.69) is 5.32 Å². The highest BCUT2D eigenvalue weighted by molar-refractivity contribution is 6.33. The van der Waals surface area contributed by atoms with Crippen LogP contribution in [0.3, 0.4) is 0 Å². The van der Waals surface area contributed by atoms with E-state index in [1.165, 1.54) is 0 Å². The van der Waals surface area contributed by atoms with Crippen molar-refractivity contribution in [3.63, 3.8) is 0 Å². The van der Waals surface area contributed by atoms with Crippen LogP contribution in [0.5, 0.6) is 0 Å². The summed E-state index contributed by atoms with van der Waals surface area (Å²) >= 11 is 5.99. The zero-order valence-corrected chi connectivity index (χ0v) is 10.8. The van der Waals surface area contributed by atoms with Crippen LogP contribution in [0, 0.1) is 6.92 Å². The Morgan fingerprint density at radius 3 is 2.71 bits per heavy atom. The maximum Gasteiger partial charge on any atom is 0.0819 e. The first-order valence-corrected chi connectivity index (χ1v) is 6.40. The van der Waals surface area contributed by atoms with Gasteiger partial charge in [-0.25, -0.2) is 0 Å². The molecule has 17 heavy (non-hydrogen) atoms. The minimum absolute atomic E-state index is 0.552. The van der Waals surface area contributed by atoms with Gasteiger partial charge in [0.15, 0.2) is 0 Å². The van der Waals surface area contributed by atoms with Crippen molar-refractivity contribution in [1.82, 2.24) is 0 Å². The first kappa shape index (κ1) is 12.5. The number of nitrogen functional groups attached to an aromatic ring is 1. The van der Waals surface area contributed by atoms with Gasteiger partial charge in [0.1, 0.15) is 0 Å². The van der Waals surface area contributed by atoms with Gasteiger partial charge in [-0.3, -0.25) is 0 Å². The van der Waals surface area contributed by atoms with E-state index in [1.807, 2.05) is 19.1 Å². The van der Waals surface area contributed by atoms with E-state index in [9.17, 15) is 5.11 Å². The average molecular weight is 255 g/mol. The largest absolute Gasteiger partial charge is 0.398 e. The number of benzene rings is 1. The Morgan fingerprint density at radius 1 is 1.41 bits per heavy atom. The van der Waals surface area contributed by atoms with Crippen molar-refractivity contribution in [3.05, 3.63) is 22.7 Å². The Bertz CT molecular complexity index is 414. The normalized spacial score (nSPS) is 18.3. The highest BCUT2D eigenvalue weighted by atomic mass is 35.5. The molecule has 2 rings (SSSR count). The van der Waals surface area contributed by atoms with E-state index in [1.54, 1.807) is 0 Å². The second kappa shape index (κ2) is 4.75. The summed E-state index contributed by atoms with van der Waals surface area (Å²) in [6.45, 7) is 2.56. The highest BCUT2D eigenvalue weighted by Gasteiger charge is 2.30. The van der Waals surface area contributed by atoms with Gasteiger partial charge in [0.2, 0.25) is 0 Å². The van der Waals surface area contributed by atoms with Crippen molar-refractivity contribution in [2.75, 3.05) is 17.6 Å². The van der Waals surface area contributed by atoms with E-state index >= 15 is 0 Å². The summed E-state index contributed by atoms with van der Waals surface area (Å²) in [6, 6.07) is 3.67. The molecule has 0 amide bonds. The summed E-state index contributed by atoms with van der Waals surface area (Å²) in [7, 11) is 0. The van der Waals surface area contributed by atoms with Crippen LogP contribution in [0.4, 0.5) is 11.4 Å². The molecule has 1 aromatic carbocycles. The van der Waals surface area contributed by atoms with Gasteiger partial charge in [-0.2, -0.15) is 0 Å². The Hall–Kier alpha value is -0.930. The third kappa shape index (κ3) is 2.85. The molecule has 1 fully saturated rings. The van der Waals surface area contributed by atoms with Crippen LogP contribution in [0.1, 0.15) is 31.2 Å². The monoisotopic (exact) mass is 254 g/mol. The minimum atomic E-state index is -0.555. The van der Waals surface area contributed by atoms with Gasteiger partial charge in [0.25, 0.3) is 0 Å². The molecule has 0 heterocycles. The molecule has 0 aliphatic heterocycles. The molecular formula is C13H19ClN2O. The second-order valence-corrected chi connectivity index (χ2v) is 5.38. The number of hydrogen-bond acceptors (Lipinski definition) is 3. The summed E-state index contributed by atoms with van der Waals surface area (Å²) in [6.07, 6.45) is 3.98. The van der Waals surface area contributed by atoms with Crippen LogP contribution < -0.4 is 11.1 Å². The molecule has 1 aromatic rings. The fourth-order valence-electron chi connectivity index (χ4n) is 2.36. The van der Waals surface area contributed by atoms with Crippen LogP contribution in [0.15, 0.2) is 12.1 Å². The number of rotatable bonds is 3. The predicted octanol–water partition coefficient (Wildman–Crippen LogP) is 2.95. The molecule has 0 saturated heterocycles. The summed E-state index contributed by atoms with van der Waals surface area (Å²) in [5, 5.41) is 14.1. The molecular weight excluding hydrogens is 236 g/mol. The van der Waals surface area contributed by atoms with Crippen LogP contribution in [-0.4, -0.2) is 17.3 Å². The van der Waals surface area contributed by atoms with Crippen molar-refractivity contribution in [2.45, 2.75) is 38.2 Å². The van der Waals surface area contributed by atoms with Crippen molar-refractivity contribution < 1.29 is 5.11 Å². The van der Waals surface area contributed by atoms with E-state index in [0.717, 1.165) is 36.9 Å². The van der Waals surface area contributed by atoms with Crippen molar-refractivity contribution in [3.8, 4) is 0 Å². The molecule has 0 radical (unpaired) electrons. The first-order chi connectivity index (χ1) is 8.00. The standard InChI is InChI=1S/C13H19ClN2O/c1-9-6-11(15)10(14)7-12(9)16-8-13(17)4-2-3-5-13/h6-7,16-17H,2-5,8,15H2,1H3. The summed E-state index contributed by atoms with van der Waals surface area (Å²) in [5.41, 5.74) is 7.76. The fourth-order valence-corrected chi connectivity index (χ4v) is 2.53. The molecule has 1 saturated carbocycles. The Labute approximate surface area is 107 Å². The molecule has 0 unspecified atom stereocenters. The third-order valence-corrected chi connectivity index (χ3v) is 3.81. The van der Waals surface area contributed by atoms with Gasteiger partial charge in [0.05, 0.1) is 16.3 Å². The molecule has 0 bridgehead atoms. The lowest BCUT2D eigenvalue weighted by atomic mass is 10.0. The molecule has 4 N–H and O–H groups in total. The maximum absolute atomic E-state index is 10.2. The van der Waals surface area contributed by atoms with Gasteiger partial charge in [0, 0.05) is 12.2 Å². The third-order valence-electron chi connectivity index (χ3n) is 3.49. The summed E-state index contributed by atoms with van der Waals surface area (Å²) in [4.78, 5) is 0. The quantitative estimate of drug-likeness (QED) is 0.727. The molecule has 0 atom stereocenters. The topological polar surface area (TPSA) is 58.3 Å². The predicted molar refractivity (Wildman–Crippen MR) is 72.5 cm³/mol. The molecule has 0 aromatic heterocycles. The van der Waals surface area contributed by atoms with Crippen LogP contribution in [-0.2, 0) is 0 Å². The Kier molecular flexibility index (Phi) is 3.50. The van der Waals surface area contributed by atoms with Crippen LogP contribution in [0.25, 0.3) is 0 Å². The number of anilines is 2. The number of hydrogen-bond donors (Lipinski definition) is 3. The maximum atomic E-state index is 10.2. The van der Waals surface area contributed by atoms with E-state index < -0.39 is 5.60 Å². The van der Waals surface area contributed by atoms with E-state index in [0.29, 0.717) is 17.3 Å². The van der Waals surface area contributed by atoms with Crippen molar-refractivity contribution in [2.24, 2.45) is 0 Å². The van der Waals surface area contributed by atoms with Gasteiger partial charge in [-0.1, -0.05) is 24.4 Å². The lowest BCUT2D eigenvalue weighted by Gasteiger charge is -2.24. The Morgan fingerprint density at radius 2 is 2.06 bits per heavy atom. The number of halogens is 1. The number of aliphatic hydroxyl groups is 1. The van der Waals surface area contributed by atoms with Gasteiger partial charge in [-0.05, 0) is 37.5 Å². The van der Waals surface area contributed by atoms with Gasteiger partial charge in [-0.15, -0.1) is 0 Å². The van der Waals surface area contributed by atoms with Crippen molar-refractivity contribution in [1.29, 1.82) is 0 Å². The fraction of sp³-hybridized carbons (Fsp3) is 0.538. The van der Waals surface area contributed by atoms with Gasteiger partial charge < -0.3 is 16.2 Å². The Balaban J connectivity index is 2.06. The number of nitrogens with two attached hydrogens (primary N) is 1. The molecule has 3 nitrogen and oxygen atoms in total. The minimum Gasteiger partial charge on any atom is -0.398 e.